The van der Waals surface area contributed by atoms with Crippen LogP contribution in [-0.4, -0.2) is 30.0 Å². The molecular weight excluding hydrogens is 233 g/mol. The van der Waals surface area contributed by atoms with Gasteiger partial charge in [-0.15, -0.1) is 0 Å². The Bertz CT molecular complexity index is 391. The molecule has 1 rings (SSSR count). The molecule has 0 aromatic carbocycles. The zero-order chi connectivity index (χ0) is 13.1. The molecule has 0 spiro atoms. The lowest BCUT2D eigenvalue weighted by Crippen LogP contribution is -2.40. The SMILES string of the molecule is CC(C)N(CC(F)(F)F)c1ncccc1C=O. The number of carbonyl (C=O) groups is 1. The van der Waals surface area contributed by atoms with Crippen LogP contribution in [0.25, 0.3) is 0 Å². The van der Waals surface area contributed by atoms with Gasteiger partial charge in [0.25, 0.3) is 0 Å². The Morgan fingerprint density at radius 1 is 1.47 bits per heavy atom. The molecule has 94 valence electrons. The maximum atomic E-state index is 12.4. The fraction of sp³-hybridized carbons (Fsp3) is 0.455. The van der Waals surface area contributed by atoms with E-state index in [1.54, 1.807) is 13.8 Å². The van der Waals surface area contributed by atoms with Gasteiger partial charge in [0.05, 0.1) is 5.56 Å². The second-order valence-electron chi connectivity index (χ2n) is 3.87. The number of hydrogen-bond donors (Lipinski definition) is 0. The van der Waals surface area contributed by atoms with Crippen molar-refractivity contribution in [3.05, 3.63) is 23.9 Å². The standard InChI is InChI=1S/C11H13F3N2O/c1-8(2)16(7-11(12,13)14)10-9(6-17)4-3-5-15-10/h3-6,8H,7H2,1-2H3. The quantitative estimate of drug-likeness (QED) is 0.766. The molecule has 0 N–H and O–H groups in total. The third-order valence-electron chi connectivity index (χ3n) is 2.19. The molecule has 0 bridgehead atoms. The van der Waals surface area contributed by atoms with Crippen LogP contribution in [-0.2, 0) is 0 Å². The number of alkyl halides is 3. The molecule has 0 unspecified atom stereocenters. The second-order valence-corrected chi connectivity index (χ2v) is 3.87. The Labute approximate surface area is 97.3 Å². The number of pyridine rings is 1. The van der Waals surface area contributed by atoms with Crippen molar-refractivity contribution >= 4 is 12.1 Å². The minimum absolute atomic E-state index is 0.0647. The van der Waals surface area contributed by atoms with Gasteiger partial charge in [-0.3, -0.25) is 4.79 Å². The van der Waals surface area contributed by atoms with Gasteiger partial charge in [0.2, 0.25) is 0 Å². The minimum Gasteiger partial charge on any atom is -0.344 e. The zero-order valence-corrected chi connectivity index (χ0v) is 9.53. The van der Waals surface area contributed by atoms with E-state index in [4.69, 9.17) is 0 Å². The van der Waals surface area contributed by atoms with E-state index in [-0.39, 0.29) is 11.4 Å². The molecule has 0 fully saturated rings. The lowest BCUT2D eigenvalue weighted by atomic mass is 10.2. The summed E-state index contributed by atoms with van der Waals surface area (Å²) in [5, 5.41) is 0. The van der Waals surface area contributed by atoms with Crippen LogP contribution in [0.1, 0.15) is 24.2 Å². The van der Waals surface area contributed by atoms with Gasteiger partial charge in [-0.05, 0) is 26.0 Å². The molecule has 0 radical (unpaired) electrons. The molecule has 0 amide bonds. The number of hydrogen-bond acceptors (Lipinski definition) is 3. The topological polar surface area (TPSA) is 33.2 Å². The molecule has 0 aliphatic rings. The summed E-state index contributed by atoms with van der Waals surface area (Å²) in [4.78, 5) is 15.7. The summed E-state index contributed by atoms with van der Waals surface area (Å²) in [5.74, 6) is 0.0647. The van der Waals surface area contributed by atoms with Gasteiger partial charge in [-0.1, -0.05) is 0 Å². The maximum absolute atomic E-state index is 12.4. The van der Waals surface area contributed by atoms with E-state index >= 15 is 0 Å². The number of nitrogens with zero attached hydrogens (tertiary/aromatic N) is 2. The highest BCUT2D eigenvalue weighted by atomic mass is 19.4. The maximum Gasteiger partial charge on any atom is 0.405 e. The predicted molar refractivity (Wildman–Crippen MR) is 58.2 cm³/mol. The van der Waals surface area contributed by atoms with Crippen molar-refractivity contribution in [3.8, 4) is 0 Å². The Morgan fingerprint density at radius 2 is 2.12 bits per heavy atom. The Kier molecular flexibility index (Phi) is 4.09. The van der Waals surface area contributed by atoms with Crippen LogP contribution in [0, 0.1) is 0 Å². The molecular formula is C11H13F3N2O. The first-order valence-electron chi connectivity index (χ1n) is 5.08. The average Bonchev–Trinajstić information content (AvgIpc) is 2.24. The molecule has 17 heavy (non-hydrogen) atoms. The van der Waals surface area contributed by atoms with Crippen LogP contribution in [0.3, 0.4) is 0 Å². The number of rotatable bonds is 4. The highest BCUT2D eigenvalue weighted by molar-refractivity contribution is 5.82. The van der Waals surface area contributed by atoms with Gasteiger partial charge in [-0.25, -0.2) is 4.98 Å². The molecule has 0 atom stereocenters. The van der Waals surface area contributed by atoms with Crippen LogP contribution >= 0.6 is 0 Å². The van der Waals surface area contributed by atoms with Gasteiger partial charge >= 0.3 is 6.18 Å². The highest BCUT2D eigenvalue weighted by Crippen LogP contribution is 2.24. The Hall–Kier alpha value is -1.59. The van der Waals surface area contributed by atoms with E-state index in [2.05, 4.69) is 4.98 Å². The van der Waals surface area contributed by atoms with Crippen LogP contribution in [0.5, 0.6) is 0 Å². The van der Waals surface area contributed by atoms with Gasteiger partial charge in [0.15, 0.2) is 6.29 Å². The fourth-order valence-corrected chi connectivity index (χ4v) is 1.44. The van der Waals surface area contributed by atoms with E-state index < -0.39 is 18.8 Å². The molecule has 3 nitrogen and oxygen atoms in total. The zero-order valence-electron chi connectivity index (χ0n) is 9.53. The third kappa shape index (κ3) is 3.72. The molecule has 0 aliphatic carbocycles. The van der Waals surface area contributed by atoms with Crippen molar-refractivity contribution in [1.29, 1.82) is 0 Å². The van der Waals surface area contributed by atoms with Crippen LogP contribution in [0.15, 0.2) is 18.3 Å². The number of aromatic nitrogens is 1. The predicted octanol–water partition coefficient (Wildman–Crippen LogP) is 2.67. The molecule has 0 saturated heterocycles. The van der Waals surface area contributed by atoms with E-state index in [0.29, 0.717) is 6.29 Å². The fourth-order valence-electron chi connectivity index (χ4n) is 1.44. The number of anilines is 1. The first kappa shape index (κ1) is 13.5. The van der Waals surface area contributed by atoms with Crippen molar-refractivity contribution in [2.24, 2.45) is 0 Å². The second kappa shape index (κ2) is 5.16. The third-order valence-corrected chi connectivity index (χ3v) is 2.19. The first-order chi connectivity index (χ1) is 7.85. The Morgan fingerprint density at radius 3 is 2.59 bits per heavy atom. The van der Waals surface area contributed by atoms with Crippen LogP contribution < -0.4 is 4.90 Å². The summed E-state index contributed by atoms with van der Waals surface area (Å²) in [7, 11) is 0. The van der Waals surface area contributed by atoms with Crippen molar-refractivity contribution in [2.75, 3.05) is 11.4 Å². The smallest absolute Gasteiger partial charge is 0.344 e. The first-order valence-corrected chi connectivity index (χ1v) is 5.08. The average molecular weight is 246 g/mol. The van der Waals surface area contributed by atoms with E-state index in [1.165, 1.54) is 18.3 Å². The van der Waals surface area contributed by atoms with Crippen LogP contribution in [0.2, 0.25) is 0 Å². The number of carbonyl (C=O) groups excluding carboxylic acids is 1. The summed E-state index contributed by atoms with van der Waals surface area (Å²) < 4.78 is 37.3. The van der Waals surface area contributed by atoms with Gasteiger partial charge < -0.3 is 4.90 Å². The highest BCUT2D eigenvalue weighted by Gasteiger charge is 2.33. The van der Waals surface area contributed by atoms with Crippen molar-refractivity contribution in [3.63, 3.8) is 0 Å². The lowest BCUT2D eigenvalue weighted by molar-refractivity contribution is -0.120. The molecule has 6 heteroatoms. The van der Waals surface area contributed by atoms with Gasteiger partial charge in [0, 0.05) is 12.2 Å². The van der Waals surface area contributed by atoms with Crippen molar-refractivity contribution < 1.29 is 18.0 Å². The van der Waals surface area contributed by atoms with Gasteiger partial charge in [0.1, 0.15) is 12.4 Å². The van der Waals surface area contributed by atoms with Gasteiger partial charge in [-0.2, -0.15) is 13.2 Å². The number of halogens is 3. The van der Waals surface area contributed by atoms with E-state index in [1.807, 2.05) is 0 Å². The molecule has 1 heterocycles. The van der Waals surface area contributed by atoms with E-state index in [9.17, 15) is 18.0 Å². The van der Waals surface area contributed by atoms with Crippen molar-refractivity contribution in [1.82, 2.24) is 4.98 Å². The number of aldehydes is 1. The van der Waals surface area contributed by atoms with Crippen molar-refractivity contribution in [2.45, 2.75) is 26.1 Å². The normalized spacial score (nSPS) is 11.6. The Balaban J connectivity index is 3.10. The summed E-state index contributed by atoms with van der Waals surface area (Å²) in [5.41, 5.74) is 0.158. The molecule has 0 aliphatic heterocycles. The summed E-state index contributed by atoms with van der Waals surface area (Å²) in [6, 6.07) is 2.56. The van der Waals surface area contributed by atoms with Crippen LogP contribution in [0.4, 0.5) is 19.0 Å². The monoisotopic (exact) mass is 246 g/mol. The summed E-state index contributed by atoms with van der Waals surface area (Å²) >= 11 is 0. The molecule has 0 saturated carbocycles. The molecule has 1 aromatic heterocycles. The minimum atomic E-state index is -4.33. The summed E-state index contributed by atoms with van der Waals surface area (Å²) in [6.07, 6.45) is -2.45. The largest absolute Gasteiger partial charge is 0.405 e. The molecule has 1 aromatic rings. The lowest BCUT2D eigenvalue weighted by Gasteiger charge is -2.29. The van der Waals surface area contributed by atoms with E-state index in [0.717, 1.165) is 4.90 Å². The summed E-state index contributed by atoms with van der Waals surface area (Å²) in [6.45, 7) is 2.12.